The molecule has 0 aromatic rings. The van der Waals surface area contributed by atoms with E-state index in [0.29, 0.717) is 10.8 Å². The number of hydrogen-bond acceptors (Lipinski definition) is 0. The predicted molar refractivity (Wildman–Crippen MR) is 335 cm³/mol. The normalized spacial score (nSPS) is 16.6. The molecule has 1 unspecified atom stereocenters. The Hall–Kier alpha value is 0. The Balaban J connectivity index is -0.0000000981. The van der Waals surface area contributed by atoms with Gasteiger partial charge in [-0.15, -0.1) is 0 Å². The third kappa shape index (κ3) is 123. The summed E-state index contributed by atoms with van der Waals surface area (Å²) in [6.07, 6.45) is 33.5. The van der Waals surface area contributed by atoms with Crippen molar-refractivity contribution >= 4 is 0 Å². The van der Waals surface area contributed by atoms with Crippen molar-refractivity contribution in [2.75, 3.05) is 0 Å². The van der Waals surface area contributed by atoms with Gasteiger partial charge in [0.05, 0.1) is 0 Å². The van der Waals surface area contributed by atoms with E-state index in [4.69, 9.17) is 0 Å². The molecule has 2 atom stereocenters. The molecule has 0 aromatic carbocycles. The van der Waals surface area contributed by atoms with Crippen molar-refractivity contribution in [1.29, 1.82) is 0 Å². The fourth-order valence-corrected chi connectivity index (χ4v) is 4.33. The van der Waals surface area contributed by atoms with Crippen LogP contribution in [-0.4, -0.2) is 0 Å². The maximum absolute atomic E-state index is 2.30. The molecule has 69 heavy (non-hydrogen) atoms. The molecule has 4 rings (SSSR count). The van der Waals surface area contributed by atoms with E-state index < -0.39 is 0 Å². The Morgan fingerprint density at radius 2 is 0.667 bits per heavy atom. The van der Waals surface area contributed by atoms with Crippen LogP contribution in [0.5, 0.6) is 0 Å². The summed E-state index contributed by atoms with van der Waals surface area (Å²) in [4.78, 5) is 0. The lowest BCUT2D eigenvalue weighted by molar-refractivity contribution is 0.397. The minimum Gasteiger partial charge on any atom is -0.0654 e. The van der Waals surface area contributed by atoms with Crippen LogP contribution in [0.2, 0.25) is 0 Å². The zero-order valence-electron chi connectivity index (χ0n) is 56.2. The van der Waals surface area contributed by atoms with Crippen LogP contribution in [0.3, 0.4) is 0 Å². The van der Waals surface area contributed by atoms with Crippen molar-refractivity contribution in [2.24, 2.45) is 75.4 Å². The SMILES string of the molecule is CC(C)C(C)C.CC1(C)CC1.CC1C[C@H]1C.CCC(C)(C)C.CCC(C)(C)C.CCC(C)CC.CCC(C)CC.CCC1CC1.CCCC(C)C.CCCC(C)C.CCCC1CC1.CCCCCC. The maximum atomic E-state index is 2.30. The average molecular weight is 984 g/mol. The highest BCUT2D eigenvalue weighted by atomic mass is 14.4. The largest absolute Gasteiger partial charge is 0.0654 e. The fraction of sp³-hybridized carbons (Fsp3) is 1.00. The summed E-state index contributed by atoms with van der Waals surface area (Å²) >= 11 is 0. The summed E-state index contributed by atoms with van der Waals surface area (Å²) in [7, 11) is 0. The lowest BCUT2D eigenvalue weighted by Crippen LogP contribution is -2.00. The first-order chi connectivity index (χ1) is 31.7. The molecule has 4 aliphatic rings. The van der Waals surface area contributed by atoms with Crippen LogP contribution in [-0.2, 0) is 0 Å². The molecule has 4 saturated carbocycles. The highest BCUT2D eigenvalue weighted by Crippen LogP contribution is 2.43. The summed E-state index contributed by atoms with van der Waals surface area (Å²) in [6, 6.07) is 0. The molecule has 0 nitrogen and oxygen atoms in total. The van der Waals surface area contributed by atoms with Gasteiger partial charge in [0.2, 0.25) is 0 Å². The lowest BCUT2D eigenvalue weighted by atomic mass is 9.94. The zero-order chi connectivity index (χ0) is 56.2. The highest BCUT2D eigenvalue weighted by Gasteiger charge is 2.30. The summed E-state index contributed by atoms with van der Waals surface area (Å²) < 4.78 is 0. The second kappa shape index (κ2) is 58.9. The van der Waals surface area contributed by atoms with E-state index in [1.165, 1.54) is 154 Å². The Bertz CT molecular complexity index is 780. The minimum absolute atomic E-state index is 0.542. The van der Waals surface area contributed by atoms with Crippen LogP contribution in [0.25, 0.3) is 0 Å². The molecule has 0 aromatic heterocycles. The van der Waals surface area contributed by atoms with E-state index in [0.717, 1.165) is 64.6 Å². The van der Waals surface area contributed by atoms with Crippen LogP contribution < -0.4 is 0 Å². The summed E-state index contributed by atoms with van der Waals surface area (Å²) in [5.74, 6) is 9.75. The van der Waals surface area contributed by atoms with Gasteiger partial charge in [0, 0.05) is 0 Å². The Labute approximate surface area is 449 Å². The van der Waals surface area contributed by atoms with Crippen LogP contribution in [0.1, 0.15) is 376 Å². The van der Waals surface area contributed by atoms with Gasteiger partial charge in [0.15, 0.2) is 0 Å². The predicted octanol–water partition coefficient (Wildman–Crippen LogP) is 27.0. The van der Waals surface area contributed by atoms with Crippen LogP contribution >= 0.6 is 0 Å². The zero-order valence-corrected chi connectivity index (χ0v) is 56.2. The molecular weight excluding hydrogens is 829 g/mol. The first kappa shape index (κ1) is 85.7. The number of rotatable bonds is 15. The van der Waals surface area contributed by atoms with E-state index in [-0.39, 0.29) is 0 Å². The van der Waals surface area contributed by atoms with Crippen LogP contribution in [0.15, 0.2) is 0 Å². The minimum atomic E-state index is 0.542. The lowest BCUT2D eigenvalue weighted by Gasteiger charge is -2.12. The summed E-state index contributed by atoms with van der Waals surface area (Å²) in [5, 5.41) is 0. The third-order valence-corrected chi connectivity index (χ3v) is 14.4. The van der Waals surface area contributed by atoms with E-state index >= 15 is 0 Å². The summed E-state index contributed by atoms with van der Waals surface area (Å²) in [6.45, 7) is 72.0. The second-order valence-corrected chi connectivity index (χ2v) is 27.2. The monoisotopic (exact) mass is 983 g/mol. The number of unbranched alkanes of at least 4 members (excludes halogenated alkanes) is 3. The van der Waals surface area contributed by atoms with Gasteiger partial charge in [-0.2, -0.15) is 0 Å². The first-order valence-electron chi connectivity index (χ1n) is 31.7. The van der Waals surface area contributed by atoms with E-state index in [1.54, 1.807) is 0 Å². The van der Waals surface area contributed by atoms with E-state index in [9.17, 15) is 0 Å². The van der Waals surface area contributed by atoms with Gasteiger partial charge in [0.1, 0.15) is 0 Å². The molecule has 0 heteroatoms. The molecule has 430 valence electrons. The second-order valence-electron chi connectivity index (χ2n) is 27.2. The Morgan fingerprint density at radius 1 is 0.420 bits per heavy atom. The molecule has 0 amide bonds. The van der Waals surface area contributed by atoms with Gasteiger partial charge in [-0.05, 0) is 94.7 Å². The van der Waals surface area contributed by atoms with Gasteiger partial charge in [-0.1, -0.05) is 356 Å². The molecular formula is C69H154. The smallest absolute Gasteiger partial charge is 0.0354 e. The fourth-order valence-electron chi connectivity index (χ4n) is 4.33. The first-order valence-corrected chi connectivity index (χ1v) is 31.7. The van der Waals surface area contributed by atoms with Crippen molar-refractivity contribution in [3.05, 3.63) is 0 Å². The molecule has 0 N–H and O–H groups in total. The van der Waals surface area contributed by atoms with Gasteiger partial charge < -0.3 is 0 Å². The maximum Gasteiger partial charge on any atom is -0.0354 e. The van der Waals surface area contributed by atoms with E-state index in [1.807, 2.05) is 0 Å². The Morgan fingerprint density at radius 3 is 0.696 bits per heavy atom. The van der Waals surface area contributed by atoms with Crippen LogP contribution in [0, 0.1) is 75.4 Å². The molecule has 0 spiro atoms. The molecule has 0 aliphatic heterocycles. The standard InChI is InChI=1S/C6H12.8C6H14.3C5H10/c1-2-3-6-4-5-6;2*1-5-6(2,3)4;1-5(2)6(3)4;2*1-4-5-6(2)3;2*1-4-6(3)5-2;1-3-5-6-4-2;1-5(2)3-4-5;1-4-3-5(4)2;1-2-5-3-4-5/h6H,2-5H2,1H3;2*5H2,1-4H3;5-6H,1-4H3;4*6H,4-5H2,1-3H3;3-6H2,1-2H3;3-4H2,1-2H3;4-5H,3H2,1-2H3;5H,2-4H2,1H3/t;;;;;;;;;;4-,5?;/m..........1./s1. The number of hydrogen-bond donors (Lipinski definition) is 0. The van der Waals surface area contributed by atoms with Gasteiger partial charge >= 0.3 is 0 Å². The van der Waals surface area contributed by atoms with Gasteiger partial charge in [0.25, 0.3) is 0 Å². The summed E-state index contributed by atoms with van der Waals surface area (Å²) in [5.41, 5.74) is 1.83. The van der Waals surface area contributed by atoms with Crippen molar-refractivity contribution < 1.29 is 0 Å². The highest BCUT2D eigenvalue weighted by molar-refractivity contribution is 4.82. The topological polar surface area (TPSA) is 0 Å². The molecule has 4 fully saturated rings. The van der Waals surface area contributed by atoms with Crippen molar-refractivity contribution in [1.82, 2.24) is 0 Å². The van der Waals surface area contributed by atoms with Gasteiger partial charge in [-0.25, -0.2) is 0 Å². The molecule has 0 bridgehead atoms. The van der Waals surface area contributed by atoms with Crippen molar-refractivity contribution in [3.8, 4) is 0 Å². The molecule has 0 saturated heterocycles. The Kier molecular flexibility index (Phi) is 73.2. The molecule has 4 aliphatic carbocycles. The molecule has 0 heterocycles. The third-order valence-electron chi connectivity index (χ3n) is 14.4. The van der Waals surface area contributed by atoms with Crippen LogP contribution in [0.4, 0.5) is 0 Å². The molecule has 0 radical (unpaired) electrons. The van der Waals surface area contributed by atoms with E-state index in [2.05, 4.69) is 222 Å². The average Bonchev–Trinajstić information content (AvgIpc) is 4.06. The quantitative estimate of drug-likeness (QED) is 0.143. The van der Waals surface area contributed by atoms with Gasteiger partial charge in [-0.3, -0.25) is 0 Å². The van der Waals surface area contributed by atoms with Crippen molar-refractivity contribution in [3.63, 3.8) is 0 Å². The van der Waals surface area contributed by atoms with Crippen molar-refractivity contribution in [2.45, 2.75) is 376 Å².